The summed E-state index contributed by atoms with van der Waals surface area (Å²) in [6.45, 7) is 8.93. The molecule has 2 heterocycles. The van der Waals surface area contributed by atoms with E-state index in [0.717, 1.165) is 11.1 Å². The number of carbonyl (C=O) groups is 1. The van der Waals surface area contributed by atoms with Crippen molar-refractivity contribution in [1.29, 1.82) is 0 Å². The molecule has 3 rings (SSSR count). The summed E-state index contributed by atoms with van der Waals surface area (Å²) in [6.07, 6.45) is 1.62. The summed E-state index contributed by atoms with van der Waals surface area (Å²) < 4.78 is 1.54. The van der Waals surface area contributed by atoms with Gasteiger partial charge < -0.3 is 5.32 Å². The van der Waals surface area contributed by atoms with E-state index >= 15 is 0 Å². The van der Waals surface area contributed by atoms with Gasteiger partial charge in [0, 0.05) is 19.3 Å². The van der Waals surface area contributed by atoms with Gasteiger partial charge in [0.1, 0.15) is 5.52 Å². The minimum Gasteiger partial charge on any atom is -0.346 e. The largest absolute Gasteiger partial charge is 0.346 e. The number of aryl methyl sites for hydroxylation is 2. The molecule has 0 saturated heterocycles. The third-order valence-electron chi connectivity index (χ3n) is 4.49. The number of hydrogen-bond acceptors (Lipinski definition) is 4. The quantitative estimate of drug-likeness (QED) is 0.755. The van der Waals surface area contributed by atoms with Crippen molar-refractivity contribution in [3.63, 3.8) is 0 Å². The number of pyridine rings is 1. The Kier molecular flexibility index (Phi) is 5.35. The number of amides is 1. The first-order valence-corrected chi connectivity index (χ1v) is 9.06. The van der Waals surface area contributed by atoms with Crippen molar-refractivity contribution in [1.82, 2.24) is 19.9 Å². The molecule has 6 heteroatoms. The van der Waals surface area contributed by atoms with E-state index in [-0.39, 0.29) is 11.6 Å². The Labute approximate surface area is 158 Å². The van der Waals surface area contributed by atoms with E-state index in [1.807, 2.05) is 45.9 Å². The lowest BCUT2D eigenvalue weighted by atomic mass is 10.1. The van der Waals surface area contributed by atoms with Crippen LogP contribution >= 0.6 is 0 Å². The second kappa shape index (κ2) is 7.70. The van der Waals surface area contributed by atoms with E-state index in [9.17, 15) is 9.59 Å². The third kappa shape index (κ3) is 4.05. The average molecular weight is 364 g/mol. The monoisotopic (exact) mass is 364 g/mol. The topological polar surface area (TPSA) is 76.9 Å². The zero-order chi connectivity index (χ0) is 19.6. The van der Waals surface area contributed by atoms with Gasteiger partial charge in [0.05, 0.1) is 0 Å². The van der Waals surface area contributed by atoms with Crippen LogP contribution in [0.15, 0.2) is 41.3 Å². The number of nitrogens with zero attached hydrogens (tertiary/aromatic N) is 3. The molecule has 0 aliphatic carbocycles. The number of rotatable bonds is 5. The number of aromatic nitrogens is 3. The van der Waals surface area contributed by atoms with E-state index in [4.69, 9.17) is 0 Å². The maximum absolute atomic E-state index is 12.9. The van der Waals surface area contributed by atoms with Gasteiger partial charge in [0.15, 0.2) is 11.3 Å². The van der Waals surface area contributed by atoms with Gasteiger partial charge in [-0.1, -0.05) is 32.0 Å². The van der Waals surface area contributed by atoms with Crippen molar-refractivity contribution >= 4 is 17.1 Å². The van der Waals surface area contributed by atoms with Crippen molar-refractivity contribution in [2.24, 2.45) is 5.92 Å². The standard InChI is InChI=1S/C21H24N4O2/c1-13(2)12-25-19-17(6-5-9-22-19)24-18(21(25)27)20(26)23-11-16-8-7-14(3)15(4)10-16/h5-10,13H,11-12H2,1-4H3,(H,23,26). The first kappa shape index (κ1) is 18.8. The first-order chi connectivity index (χ1) is 12.9. The summed E-state index contributed by atoms with van der Waals surface area (Å²) in [6, 6.07) is 9.53. The molecule has 2 aromatic heterocycles. The highest BCUT2D eigenvalue weighted by atomic mass is 16.2. The second-order valence-corrected chi connectivity index (χ2v) is 7.22. The van der Waals surface area contributed by atoms with Crippen LogP contribution in [0.5, 0.6) is 0 Å². The molecule has 1 N–H and O–H groups in total. The zero-order valence-electron chi connectivity index (χ0n) is 16.1. The number of hydrogen-bond donors (Lipinski definition) is 1. The van der Waals surface area contributed by atoms with Crippen molar-refractivity contribution in [2.75, 3.05) is 0 Å². The Morgan fingerprint density at radius 2 is 1.96 bits per heavy atom. The van der Waals surface area contributed by atoms with Gasteiger partial charge in [-0.05, 0) is 48.6 Å². The van der Waals surface area contributed by atoms with Gasteiger partial charge in [-0.15, -0.1) is 0 Å². The minimum absolute atomic E-state index is 0.0972. The van der Waals surface area contributed by atoms with E-state index < -0.39 is 11.5 Å². The first-order valence-electron chi connectivity index (χ1n) is 9.06. The molecule has 140 valence electrons. The Balaban J connectivity index is 1.93. The molecule has 0 saturated carbocycles. The van der Waals surface area contributed by atoms with Crippen LogP contribution in [0.3, 0.4) is 0 Å². The Hall–Kier alpha value is -3.02. The predicted molar refractivity (Wildman–Crippen MR) is 106 cm³/mol. The lowest BCUT2D eigenvalue weighted by Crippen LogP contribution is -2.35. The summed E-state index contributed by atoms with van der Waals surface area (Å²) in [5, 5.41) is 2.81. The summed E-state index contributed by atoms with van der Waals surface area (Å²) in [5.41, 5.74) is 3.88. The third-order valence-corrected chi connectivity index (χ3v) is 4.49. The van der Waals surface area contributed by atoms with Crippen molar-refractivity contribution < 1.29 is 4.79 Å². The summed E-state index contributed by atoms with van der Waals surface area (Å²) in [4.78, 5) is 34.1. The molecule has 0 fully saturated rings. The predicted octanol–water partition coefficient (Wildman–Crippen LogP) is 2.99. The smallest absolute Gasteiger partial charge is 0.283 e. The second-order valence-electron chi connectivity index (χ2n) is 7.22. The molecule has 27 heavy (non-hydrogen) atoms. The minimum atomic E-state index is -0.471. The van der Waals surface area contributed by atoms with E-state index in [2.05, 4.69) is 15.3 Å². The normalized spacial score (nSPS) is 11.1. The molecule has 0 radical (unpaired) electrons. The van der Waals surface area contributed by atoms with Gasteiger partial charge in [-0.25, -0.2) is 9.97 Å². The van der Waals surface area contributed by atoms with Crippen LogP contribution in [0.1, 0.15) is 41.0 Å². The molecule has 0 aliphatic heterocycles. The van der Waals surface area contributed by atoms with Crippen LogP contribution < -0.4 is 10.9 Å². The summed E-state index contributed by atoms with van der Waals surface area (Å²) in [5.74, 6) is -0.233. The number of nitrogens with one attached hydrogen (secondary N) is 1. The molecule has 0 aliphatic rings. The molecule has 0 bridgehead atoms. The molecule has 1 amide bonds. The van der Waals surface area contributed by atoms with Crippen LogP contribution in [-0.2, 0) is 13.1 Å². The number of benzene rings is 1. The molecular formula is C21H24N4O2. The van der Waals surface area contributed by atoms with Gasteiger partial charge >= 0.3 is 0 Å². The molecule has 3 aromatic rings. The van der Waals surface area contributed by atoms with Crippen molar-refractivity contribution in [3.8, 4) is 0 Å². The van der Waals surface area contributed by atoms with Crippen LogP contribution in [0.2, 0.25) is 0 Å². The molecular weight excluding hydrogens is 340 g/mol. The molecule has 0 atom stereocenters. The molecule has 6 nitrogen and oxygen atoms in total. The zero-order valence-corrected chi connectivity index (χ0v) is 16.1. The van der Waals surface area contributed by atoms with Crippen molar-refractivity contribution in [2.45, 2.75) is 40.8 Å². The summed E-state index contributed by atoms with van der Waals surface area (Å²) in [7, 11) is 0. The van der Waals surface area contributed by atoms with E-state index in [1.54, 1.807) is 18.3 Å². The fourth-order valence-corrected chi connectivity index (χ4v) is 2.94. The Morgan fingerprint density at radius 1 is 1.19 bits per heavy atom. The summed E-state index contributed by atoms with van der Waals surface area (Å²) >= 11 is 0. The van der Waals surface area contributed by atoms with Gasteiger partial charge in [0.2, 0.25) is 0 Å². The maximum Gasteiger partial charge on any atom is 0.283 e. The fourth-order valence-electron chi connectivity index (χ4n) is 2.94. The molecule has 1 aromatic carbocycles. The average Bonchev–Trinajstić information content (AvgIpc) is 2.64. The van der Waals surface area contributed by atoms with Gasteiger partial charge in [0.25, 0.3) is 11.5 Å². The van der Waals surface area contributed by atoms with Gasteiger partial charge in [-0.3, -0.25) is 14.2 Å². The lowest BCUT2D eigenvalue weighted by Gasteiger charge is -2.13. The number of fused-ring (bicyclic) bond motifs is 1. The lowest BCUT2D eigenvalue weighted by molar-refractivity contribution is 0.0944. The van der Waals surface area contributed by atoms with Crippen molar-refractivity contribution in [3.05, 3.63) is 69.3 Å². The van der Waals surface area contributed by atoms with Crippen LogP contribution in [0, 0.1) is 19.8 Å². The molecule has 0 spiro atoms. The Bertz CT molecular complexity index is 1050. The maximum atomic E-state index is 12.9. The van der Waals surface area contributed by atoms with Crippen LogP contribution in [0.25, 0.3) is 11.2 Å². The van der Waals surface area contributed by atoms with Crippen LogP contribution in [-0.4, -0.2) is 20.4 Å². The van der Waals surface area contributed by atoms with Gasteiger partial charge in [-0.2, -0.15) is 0 Å². The highest BCUT2D eigenvalue weighted by molar-refractivity contribution is 5.93. The highest BCUT2D eigenvalue weighted by Gasteiger charge is 2.18. The number of carbonyl (C=O) groups excluding carboxylic acids is 1. The van der Waals surface area contributed by atoms with Crippen LogP contribution in [0.4, 0.5) is 0 Å². The Morgan fingerprint density at radius 3 is 2.67 bits per heavy atom. The SMILES string of the molecule is Cc1ccc(CNC(=O)c2nc3cccnc3n(CC(C)C)c2=O)cc1C. The van der Waals surface area contributed by atoms with E-state index in [1.165, 1.54) is 10.1 Å². The highest BCUT2D eigenvalue weighted by Crippen LogP contribution is 2.11. The molecule has 0 unspecified atom stereocenters. The fraction of sp³-hybridized carbons (Fsp3) is 0.333. The van der Waals surface area contributed by atoms with E-state index in [0.29, 0.717) is 24.3 Å².